The van der Waals surface area contributed by atoms with Gasteiger partial charge in [-0.1, -0.05) is 13.0 Å². The molecule has 0 aliphatic carbocycles. The molecule has 0 bridgehead atoms. The number of nitrogens with one attached hydrogen (secondary N) is 1. The number of hydrogen-bond acceptors (Lipinski definition) is 4. The van der Waals surface area contributed by atoms with Gasteiger partial charge in [0.25, 0.3) is 0 Å². The van der Waals surface area contributed by atoms with Gasteiger partial charge in [0.15, 0.2) is 0 Å². The molecule has 0 aliphatic heterocycles. The first-order chi connectivity index (χ1) is 8.38. The maximum absolute atomic E-state index is 4.44. The first kappa shape index (κ1) is 12.2. The molecule has 2 heterocycles. The van der Waals surface area contributed by atoms with Gasteiger partial charge >= 0.3 is 0 Å². The van der Waals surface area contributed by atoms with Crippen LogP contribution in [-0.2, 0) is 13.0 Å². The van der Waals surface area contributed by atoms with Crippen LogP contribution in [0, 0.1) is 0 Å². The second-order valence-corrected chi connectivity index (χ2v) is 5.13. The SMILES string of the molecule is CCCNCc1cnc(Cc2cccnc2)s1. The fraction of sp³-hybridized carbons (Fsp3) is 0.385. The van der Waals surface area contributed by atoms with E-state index in [1.807, 2.05) is 18.5 Å². The van der Waals surface area contributed by atoms with Gasteiger partial charge in [0.05, 0.1) is 5.01 Å². The van der Waals surface area contributed by atoms with Crippen molar-refractivity contribution in [2.24, 2.45) is 0 Å². The molecule has 0 saturated carbocycles. The molecular weight excluding hydrogens is 230 g/mol. The quantitative estimate of drug-likeness (QED) is 0.797. The summed E-state index contributed by atoms with van der Waals surface area (Å²) in [5.41, 5.74) is 1.22. The van der Waals surface area contributed by atoms with Crippen LogP contribution in [0.3, 0.4) is 0 Å². The summed E-state index contributed by atoms with van der Waals surface area (Å²) in [4.78, 5) is 9.86. The third kappa shape index (κ3) is 3.91. The Morgan fingerprint density at radius 2 is 2.29 bits per heavy atom. The van der Waals surface area contributed by atoms with Crippen LogP contribution in [0.2, 0.25) is 0 Å². The normalized spacial score (nSPS) is 10.6. The topological polar surface area (TPSA) is 37.8 Å². The van der Waals surface area contributed by atoms with Crippen molar-refractivity contribution in [3.8, 4) is 0 Å². The van der Waals surface area contributed by atoms with E-state index >= 15 is 0 Å². The van der Waals surface area contributed by atoms with E-state index in [1.54, 1.807) is 17.5 Å². The number of pyridine rings is 1. The van der Waals surface area contributed by atoms with E-state index in [4.69, 9.17) is 0 Å². The predicted molar refractivity (Wildman–Crippen MR) is 71.2 cm³/mol. The van der Waals surface area contributed by atoms with Crippen molar-refractivity contribution in [2.45, 2.75) is 26.3 Å². The molecule has 0 atom stereocenters. The van der Waals surface area contributed by atoms with Gasteiger partial charge in [0, 0.05) is 36.4 Å². The zero-order valence-electron chi connectivity index (χ0n) is 10.0. The van der Waals surface area contributed by atoms with Crippen molar-refractivity contribution < 1.29 is 0 Å². The smallest absolute Gasteiger partial charge is 0.0972 e. The van der Waals surface area contributed by atoms with Crippen molar-refractivity contribution in [1.29, 1.82) is 0 Å². The van der Waals surface area contributed by atoms with E-state index in [0.717, 1.165) is 24.5 Å². The zero-order valence-corrected chi connectivity index (χ0v) is 10.8. The minimum atomic E-state index is 0.881. The lowest BCUT2D eigenvalue weighted by atomic mass is 10.2. The maximum Gasteiger partial charge on any atom is 0.0972 e. The van der Waals surface area contributed by atoms with Gasteiger partial charge in [-0.15, -0.1) is 11.3 Å². The van der Waals surface area contributed by atoms with Gasteiger partial charge in [-0.2, -0.15) is 0 Å². The molecular formula is C13H17N3S. The Labute approximate surface area is 106 Å². The molecule has 3 nitrogen and oxygen atoms in total. The van der Waals surface area contributed by atoms with E-state index in [0.29, 0.717) is 0 Å². The highest BCUT2D eigenvalue weighted by Gasteiger charge is 2.02. The van der Waals surface area contributed by atoms with E-state index in [9.17, 15) is 0 Å². The maximum atomic E-state index is 4.44. The molecule has 2 aromatic rings. The van der Waals surface area contributed by atoms with E-state index < -0.39 is 0 Å². The minimum Gasteiger partial charge on any atom is -0.312 e. The number of nitrogens with zero attached hydrogens (tertiary/aromatic N) is 2. The van der Waals surface area contributed by atoms with Crippen molar-refractivity contribution >= 4 is 11.3 Å². The molecule has 0 radical (unpaired) electrons. The summed E-state index contributed by atoms with van der Waals surface area (Å²) in [6.07, 6.45) is 7.72. The van der Waals surface area contributed by atoms with Gasteiger partial charge in [-0.05, 0) is 24.6 Å². The highest BCUT2D eigenvalue weighted by Crippen LogP contribution is 2.16. The van der Waals surface area contributed by atoms with Gasteiger partial charge in [0.2, 0.25) is 0 Å². The number of thiazole rings is 1. The molecule has 4 heteroatoms. The lowest BCUT2D eigenvalue weighted by Gasteiger charge is -1.98. The molecule has 0 aliphatic rings. The van der Waals surface area contributed by atoms with Crippen LogP contribution in [0.5, 0.6) is 0 Å². The molecule has 90 valence electrons. The molecule has 1 N–H and O–H groups in total. The monoisotopic (exact) mass is 247 g/mol. The Morgan fingerprint density at radius 1 is 1.35 bits per heavy atom. The second-order valence-electron chi connectivity index (χ2n) is 3.94. The molecule has 0 aromatic carbocycles. The third-order valence-electron chi connectivity index (χ3n) is 2.41. The van der Waals surface area contributed by atoms with Crippen molar-refractivity contribution in [2.75, 3.05) is 6.54 Å². The van der Waals surface area contributed by atoms with Gasteiger partial charge in [-0.25, -0.2) is 4.98 Å². The van der Waals surface area contributed by atoms with Crippen molar-refractivity contribution in [3.05, 3.63) is 46.2 Å². The van der Waals surface area contributed by atoms with Crippen molar-refractivity contribution in [3.63, 3.8) is 0 Å². The van der Waals surface area contributed by atoms with E-state index in [1.165, 1.54) is 16.9 Å². The number of rotatable bonds is 6. The fourth-order valence-electron chi connectivity index (χ4n) is 1.58. The largest absolute Gasteiger partial charge is 0.312 e. The fourth-order valence-corrected chi connectivity index (χ4v) is 2.50. The molecule has 0 fully saturated rings. The van der Waals surface area contributed by atoms with Crippen LogP contribution in [0.1, 0.15) is 28.8 Å². The first-order valence-electron chi connectivity index (χ1n) is 5.91. The van der Waals surface area contributed by atoms with Crippen molar-refractivity contribution in [1.82, 2.24) is 15.3 Å². The molecule has 2 aromatic heterocycles. The van der Waals surface area contributed by atoms with Gasteiger partial charge < -0.3 is 5.32 Å². The standard InChI is InChI=1S/C13H17N3S/c1-2-5-14-9-12-10-16-13(17-12)7-11-4-3-6-15-8-11/h3-4,6,8,10,14H,2,5,7,9H2,1H3. The summed E-state index contributed by atoms with van der Waals surface area (Å²) in [5.74, 6) is 0. The summed E-state index contributed by atoms with van der Waals surface area (Å²) in [6, 6.07) is 4.05. The summed E-state index contributed by atoms with van der Waals surface area (Å²) >= 11 is 1.78. The lowest BCUT2D eigenvalue weighted by molar-refractivity contribution is 0.681. The van der Waals surface area contributed by atoms with Crippen LogP contribution in [0.15, 0.2) is 30.7 Å². The van der Waals surface area contributed by atoms with Crippen LogP contribution < -0.4 is 5.32 Å². The summed E-state index contributed by atoms with van der Waals surface area (Å²) in [6.45, 7) is 4.17. The molecule has 0 unspecified atom stereocenters. The Hall–Kier alpha value is -1.26. The lowest BCUT2D eigenvalue weighted by Crippen LogP contribution is -2.12. The average molecular weight is 247 g/mol. The Morgan fingerprint density at radius 3 is 3.06 bits per heavy atom. The highest BCUT2D eigenvalue weighted by molar-refractivity contribution is 7.11. The second kappa shape index (κ2) is 6.47. The molecule has 0 saturated heterocycles. The Bertz CT molecular complexity index is 439. The number of aromatic nitrogens is 2. The van der Waals surface area contributed by atoms with Gasteiger partial charge in [0.1, 0.15) is 0 Å². The van der Waals surface area contributed by atoms with Crippen LogP contribution >= 0.6 is 11.3 Å². The molecule has 0 spiro atoms. The third-order valence-corrected chi connectivity index (χ3v) is 3.40. The number of hydrogen-bond donors (Lipinski definition) is 1. The zero-order chi connectivity index (χ0) is 11.9. The van der Waals surface area contributed by atoms with Crippen LogP contribution in [0.4, 0.5) is 0 Å². The summed E-state index contributed by atoms with van der Waals surface area (Å²) in [5, 5.41) is 4.55. The highest BCUT2D eigenvalue weighted by atomic mass is 32.1. The van der Waals surface area contributed by atoms with Crippen LogP contribution in [-0.4, -0.2) is 16.5 Å². The average Bonchev–Trinajstić information content (AvgIpc) is 2.79. The Balaban J connectivity index is 1.90. The van der Waals surface area contributed by atoms with E-state index in [-0.39, 0.29) is 0 Å². The summed E-state index contributed by atoms with van der Waals surface area (Å²) in [7, 11) is 0. The minimum absolute atomic E-state index is 0.881. The molecule has 2 rings (SSSR count). The van der Waals surface area contributed by atoms with E-state index in [2.05, 4.69) is 28.3 Å². The molecule has 17 heavy (non-hydrogen) atoms. The van der Waals surface area contributed by atoms with Crippen LogP contribution in [0.25, 0.3) is 0 Å². The predicted octanol–water partition coefficient (Wildman–Crippen LogP) is 2.63. The Kier molecular flexibility index (Phi) is 4.64. The first-order valence-corrected chi connectivity index (χ1v) is 6.73. The molecule has 0 amide bonds. The summed E-state index contributed by atoms with van der Waals surface area (Å²) < 4.78 is 0. The van der Waals surface area contributed by atoms with Gasteiger partial charge in [-0.3, -0.25) is 4.98 Å².